The van der Waals surface area contributed by atoms with Crippen molar-refractivity contribution >= 4 is 72.1 Å². The molecule has 2 fully saturated rings. The van der Waals surface area contributed by atoms with Gasteiger partial charge in [-0.15, -0.1) is 14.7 Å². The van der Waals surface area contributed by atoms with Gasteiger partial charge in [0.1, 0.15) is 30.8 Å². The molecule has 7 N–H and O–H groups in total. The maximum atomic E-state index is 12.3. The molecule has 0 radical (unpaired) electrons. The van der Waals surface area contributed by atoms with Crippen molar-refractivity contribution in [2.24, 2.45) is 5.92 Å². The summed E-state index contributed by atoms with van der Waals surface area (Å²) in [5.41, 5.74) is 10.3. The Kier molecular flexibility index (Phi) is 9.10. The predicted molar refractivity (Wildman–Crippen MR) is 165 cm³/mol. The second-order valence-corrected chi connectivity index (χ2v) is 15.4. The van der Waals surface area contributed by atoms with E-state index in [0.29, 0.717) is 5.65 Å². The summed E-state index contributed by atoms with van der Waals surface area (Å²) in [5, 5.41) is 26.1. The summed E-state index contributed by atoms with van der Waals surface area (Å²) >= 11 is 9.34. The topological polar surface area (TPSA) is 289 Å². The summed E-state index contributed by atoms with van der Waals surface area (Å²) in [7, 11) is -2.36. The number of nitrogens with zero attached hydrogens (tertiary/aromatic N) is 9. The van der Waals surface area contributed by atoms with Gasteiger partial charge in [0.15, 0.2) is 40.6 Å². The van der Waals surface area contributed by atoms with Gasteiger partial charge in [-0.05, 0) is 23.3 Å². The van der Waals surface area contributed by atoms with E-state index in [1.165, 1.54) is 11.0 Å². The third-order valence-electron chi connectivity index (χ3n) is 7.58. The average molecular weight is 720 g/mol. The SMILES string of the molecule is CC1C(O[P+](=O)S)CC(OP(O)(=S)OC2CC(C)(CO)OC2n2nnc3c(=O)[nH]c(N)nc32)COC1n1nnc2c(N)ncnc21. The number of aliphatic hydroxyl groups is 1. The van der Waals surface area contributed by atoms with Crippen molar-refractivity contribution in [2.75, 3.05) is 24.7 Å². The molecule has 0 aromatic carbocycles. The number of aromatic amines is 1. The summed E-state index contributed by atoms with van der Waals surface area (Å²) in [5.74, 6) is -0.577. The van der Waals surface area contributed by atoms with Crippen LogP contribution in [0.2, 0.25) is 0 Å². The Hall–Kier alpha value is -2.82. The minimum absolute atomic E-state index is 0.0140. The molecular weight excluding hydrogens is 690 g/mol. The molecule has 0 saturated carbocycles. The van der Waals surface area contributed by atoms with Gasteiger partial charge in [0.05, 0.1) is 24.9 Å². The van der Waals surface area contributed by atoms with Gasteiger partial charge in [-0.3, -0.25) is 9.78 Å². The third-order valence-corrected chi connectivity index (χ3v) is 9.93. The van der Waals surface area contributed by atoms with Crippen LogP contribution >= 0.6 is 26.2 Å². The van der Waals surface area contributed by atoms with E-state index in [2.05, 4.69) is 52.8 Å². The van der Waals surface area contributed by atoms with E-state index in [4.69, 9.17) is 46.3 Å². The standard InChI is InChI=1S/C21H28N12O9P2S2/c1-8-10(40-43(36)45)3-9(5-38-18(8)32-15-12(28-30-32)14(22)24-7-25-15)41-44(37,46)42-11-4-21(2,6-34)39-19(11)33-16-13(29-31-33)17(35)27-20(23)26-16/h7-11,18-19,34H,3-6H2,1-2H3,(H6-,22,23,24,25,26,27,30,31,35,36,37,45,46)/p+1. The monoisotopic (exact) mass is 719 g/mol. The Morgan fingerprint density at radius 1 is 1.20 bits per heavy atom. The smallest absolute Gasteiger partial charge is 0.393 e. The number of H-pyrrole nitrogens is 1. The molecule has 9 unspecified atom stereocenters. The fourth-order valence-corrected chi connectivity index (χ4v) is 8.08. The van der Waals surface area contributed by atoms with Crippen LogP contribution in [0, 0.1) is 5.92 Å². The van der Waals surface area contributed by atoms with Crippen LogP contribution in [0.25, 0.3) is 22.3 Å². The maximum absolute atomic E-state index is 12.3. The fraction of sp³-hybridized carbons (Fsp3) is 0.619. The number of hydrogen-bond acceptors (Lipinski definition) is 18. The van der Waals surface area contributed by atoms with E-state index >= 15 is 0 Å². The average Bonchev–Trinajstić information content (AvgIpc) is 3.66. The Bertz CT molecular complexity index is 1900. The van der Waals surface area contributed by atoms with Crippen LogP contribution in [0.15, 0.2) is 11.1 Å². The van der Waals surface area contributed by atoms with Gasteiger partial charge < -0.3 is 40.0 Å². The van der Waals surface area contributed by atoms with Crippen molar-refractivity contribution < 1.29 is 37.6 Å². The third kappa shape index (κ3) is 6.49. The van der Waals surface area contributed by atoms with Crippen molar-refractivity contribution in [3.05, 3.63) is 16.7 Å². The number of nitrogen functional groups attached to an aromatic ring is 2. The molecule has 2 aliphatic heterocycles. The van der Waals surface area contributed by atoms with Crippen LogP contribution in [0.1, 0.15) is 39.1 Å². The summed E-state index contributed by atoms with van der Waals surface area (Å²) < 4.78 is 44.4. The number of anilines is 2. The van der Waals surface area contributed by atoms with Crippen molar-refractivity contribution in [1.29, 1.82) is 0 Å². The molecule has 21 nitrogen and oxygen atoms in total. The highest BCUT2D eigenvalue weighted by Crippen LogP contribution is 2.53. The van der Waals surface area contributed by atoms with Crippen LogP contribution in [0.3, 0.4) is 0 Å². The molecule has 9 atom stereocenters. The molecule has 4 aromatic rings. The van der Waals surface area contributed by atoms with Gasteiger partial charge in [0.25, 0.3) is 5.56 Å². The Labute approximate surface area is 269 Å². The van der Waals surface area contributed by atoms with Gasteiger partial charge in [-0.25, -0.2) is 9.97 Å². The van der Waals surface area contributed by atoms with E-state index in [1.54, 1.807) is 13.8 Å². The van der Waals surface area contributed by atoms with Crippen LogP contribution in [-0.4, -0.2) is 97.1 Å². The minimum Gasteiger partial charge on any atom is -0.393 e. The quantitative estimate of drug-likeness (QED) is 0.0987. The first-order valence-corrected chi connectivity index (χ1v) is 18.5. The number of nitrogens with one attached hydrogen (secondary N) is 1. The normalized spacial score (nSPS) is 30.4. The molecule has 6 rings (SSSR count). The summed E-state index contributed by atoms with van der Waals surface area (Å²) in [6, 6.07) is 0. The second kappa shape index (κ2) is 12.7. The van der Waals surface area contributed by atoms with Gasteiger partial charge >= 0.3 is 13.9 Å². The number of thiol groups is 1. The van der Waals surface area contributed by atoms with E-state index in [-0.39, 0.29) is 47.9 Å². The lowest BCUT2D eigenvalue weighted by atomic mass is 9.99. The van der Waals surface area contributed by atoms with E-state index in [1.807, 2.05) is 0 Å². The molecule has 0 aliphatic carbocycles. The van der Waals surface area contributed by atoms with E-state index < -0.39 is 68.4 Å². The largest absolute Gasteiger partial charge is 0.582 e. The van der Waals surface area contributed by atoms with Crippen molar-refractivity contribution in [2.45, 2.75) is 63.1 Å². The summed E-state index contributed by atoms with van der Waals surface area (Å²) in [6.45, 7) is -1.29. The number of rotatable bonds is 9. The molecule has 248 valence electrons. The van der Waals surface area contributed by atoms with Crippen LogP contribution < -0.4 is 17.0 Å². The van der Waals surface area contributed by atoms with Crippen LogP contribution in [-0.2, 0) is 39.4 Å². The molecule has 4 aromatic heterocycles. The predicted octanol–water partition coefficient (Wildman–Crippen LogP) is 0.0984. The molecule has 6 heterocycles. The first-order valence-electron chi connectivity index (χ1n) is 13.6. The Balaban J connectivity index is 1.25. The molecule has 0 bridgehead atoms. The van der Waals surface area contributed by atoms with Crippen molar-refractivity contribution in [3.8, 4) is 0 Å². The Morgan fingerprint density at radius 2 is 1.91 bits per heavy atom. The Morgan fingerprint density at radius 3 is 2.63 bits per heavy atom. The zero-order valence-electron chi connectivity index (χ0n) is 24.1. The minimum atomic E-state index is -4.12. The molecule has 2 saturated heterocycles. The summed E-state index contributed by atoms with van der Waals surface area (Å²) in [6.07, 6.45) is -3.41. The lowest BCUT2D eigenvalue weighted by Crippen LogP contribution is -2.30. The van der Waals surface area contributed by atoms with Crippen molar-refractivity contribution in [3.63, 3.8) is 0 Å². The first-order chi connectivity index (χ1) is 21.8. The van der Waals surface area contributed by atoms with E-state index in [0.717, 1.165) is 4.68 Å². The summed E-state index contributed by atoms with van der Waals surface area (Å²) in [4.78, 5) is 38.2. The van der Waals surface area contributed by atoms with Crippen molar-refractivity contribution in [1.82, 2.24) is 49.9 Å². The molecule has 0 spiro atoms. The molecular formula is C21H29N12O9P2S2+. The lowest BCUT2D eigenvalue weighted by Gasteiger charge is -2.27. The highest BCUT2D eigenvalue weighted by molar-refractivity contribution is 8.39. The molecule has 0 amide bonds. The number of aromatic nitrogens is 10. The zero-order chi connectivity index (χ0) is 33.0. The molecule has 2 aliphatic rings. The number of nitrogens with two attached hydrogens (primary N) is 2. The van der Waals surface area contributed by atoms with Crippen LogP contribution in [0.4, 0.5) is 11.8 Å². The second-order valence-electron chi connectivity index (χ2n) is 11.0. The number of aliphatic hydroxyl groups excluding tert-OH is 1. The van der Waals surface area contributed by atoms with Gasteiger partial charge in [-0.2, -0.15) is 14.3 Å². The molecule has 25 heteroatoms. The van der Waals surface area contributed by atoms with Gasteiger partial charge in [0, 0.05) is 18.8 Å². The maximum Gasteiger partial charge on any atom is 0.582 e. The molecule has 46 heavy (non-hydrogen) atoms. The van der Waals surface area contributed by atoms with Gasteiger partial charge in [-0.1, -0.05) is 17.4 Å². The zero-order valence-corrected chi connectivity index (χ0v) is 27.6. The lowest BCUT2D eigenvalue weighted by molar-refractivity contribution is -0.103. The van der Waals surface area contributed by atoms with Crippen LogP contribution in [0.5, 0.6) is 0 Å². The number of fused-ring (bicyclic) bond motifs is 2. The van der Waals surface area contributed by atoms with E-state index in [9.17, 15) is 19.4 Å². The first kappa shape index (κ1) is 33.1. The van der Waals surface area contributed by atoms with Gasteiger partial charge in [0.2, 0.25) is 5.95 Å². The fourth-order valence-electron chi connectivity index (χ4n) is 5.41. The number of ether oxygens (including phenoxy) is 2. The number of hydrogen-bond donors (Lipinski definition) is 6. The highest BCUT2D eigenvalue weighted by atomic mass is 32.7. The highest BCUT2D eigenvalue weighted by Gasteiger charge is 2.49.